The van der Waals surface area contributed by atoms with Crippen LogP contribution in [-0.2, 0) is 6.54 Å². The molecule has 0 saturated carbocycles. The van der Waals surface area contributed by atoms with Crippen LogP contribution in [0.25, 0.3) is 11.2 Å². The number of fused-ring (bicyclic) bond motifs is 1. The number of nitrogens with one attached hydrogen (secondary N) is 1. The normalized spacial score (nSPS) is 11.0. The molecule has 0 aromatic carbocycles. The van der Waals surface area contributed by atoms with Gasteiger partial charge in [-0.05, 0) is 18.4 Å². The molecule has 6 heteroatoms. The number of aromatic amines is 1. The molecule has 0 unspecified atom stereocenters. The van der Waals surface area contributed by atoms with Crippen molar-refractivity contribution in [2.24, 2.45) is 0 Å². The van der Waals surface area contributed by atoms with E-state index in [0.29, 0.717) is 0 Å². The van der Waals surface area contributed by atoms with Gasteiger partial charge in [-0.25, -0.2) is 15.0 Å². The standard InChI is InChI=1S/C12H13N5S/c1-8-15-10-11(16-8)13-7-14-12(10)17(2)6-9-4-3-5-18-9/h3-5,7H,6H2,1-2H3,(H,13,14,15,16). The second-order valence-corrected chi connectivity index (χ2v) is 5.19. The minimum absolute atomic E-state index is 0.718. The number of hydrogen-bond acceptors (Lipinski definition) is 5. The van der Waals surface area contributed by atoms with Gasteiger partial charge < -0.3 is 9.88 Å². The Morgan fingerprint density at radius 3 is 3.06 bits per heavy atom. The lowest BCUT2D eigenvalue weighted by atomic mass is 10.4. The van der Waals surface area contributed by atoms with Crippen molar-refractivity contribution in [2.45, 2.75) is 13.5 Å². The largest absolute Gasteiger partial charge is 0.353 e. The molecule has 92 valence electrons. The summed E-state index contributed by atoms with van der Waals surface area (Å²) in [4.78, 5) is 19.5. The molecule has 3 rings (SSSR count). The summed E-state index contributed by atoms with van der Waals surface area (Å²) in [7, 11) is 2.03. The molecule has 0 atom stereocenters. The number of nitrogens with zero attached hydrogens (tertiary/aromatic N) is 4. The molecule has 3 aromatic heterocycles. The highest BCUT2D eigenvalue weighted by Crippen LogP contribution is 2.22. The summed E-state index contributed by atoms with van der Waals surface area (Å²) in [6, 6.07) is 4.18. The molecule has 0 aliphatic carbocycles. The predicted molar refractivity (Wildman–Crippen MR) is 72.8 cm³/mol. The summed E-state index contributed by atoms with van der Waals surface area (Å²) in [6.45, 7) is 2.76. The first-order valence-corrected chi connectivity index (χ1v) is 6.53. The topological polar surface area (TPSA) is 57.7 Å². The van der Waals surface area contributed by atoms with Gasteiger partial charge in [0, 0.05) is 11.9 Å². The Hall–Kier alpha value is -1.95. The van der Waals surface area contributed by atoms with Crippen molar-refractivity contribution >= 4 is 28.3 Å². The molecule has 0 bridgehead atoms. The predicted octanol–water partition coefficient (Wildman–Crippen LogP) is 2.36. The number of imidazole rings is 1. The van der Waals surface area contributed by atoms with Gasteiger partial charge in [-0.2, -0.15) is 0 Å². The van der Waals surface area contributed by atoms with Crippen molar-refractivity contribution < 1.29 is 0 Å². The lowest BCUT2D eigenvalue weighted by molar-refractivity contribution is 0.912. The smallest absolute Gasteiger partial charge is 0.183 e. The first-order chi connectivity index (χ1) is 8.74. The summed E-state index contributed by atoms with van der Waals surface area (Å²) in [5.74, 6) is 1.74. The molecule has 18 heavy (non-hydrogen) atoms. The average Bonchev–Trinajstić information content (AvgIpc) is 2.95. The van der Waals surface area contributed by atoms with E-state index in [1.807, 2.05) is 14.0 Å². The summed E-state index contributed by atoms with van der Waals surface area (Å²) < 4.78 is 0. The van der Waals surface area contributed by atoms with Crippen molar-refractivity contribution in [1.29, 1.82) is 0 Å². The highest BCUT2D eigenvalue weighted by Gasteiger charge is 2.12. The third-order valence-electron chi connectivity index (χ3n) is 2.72. The van der Waals surface area contributed by atoms with E-state index in [1.165, 1.54) is 4.88 Å². The van der Waals surface area contributed by atoms with Crippen LogP contribution >= 0.6 is 11.3 Å². The summed E-state index contributed by atoms with van der Waals surface area (Å²) in [5.41, 5.74) is 1.62. The SMILES string of the molecule is Cc1nc2ncnc(N(C)Cc3cccs3)c2[nH]1. The highest BCUT2D eigenvalue weighted by molar-refractivity contribution is 7.09. The van der Waals surface area contributed by atoms with Crippen LogP contribution in [0, 0.1) is 6.92 Å². The first-order valence-electron chi connectivity index (χ1n) is 5.65. The summed E-state index contributed by atoms with van der Waals surface area (Å²) in [5, 5.41) is 2.08. The maximum absolute atomic E-state index is 4.35. The van der Waals surface area contributed by atoms with Crippen molar-refractivity contribution in [3.05, 3.63) is 34.5 Å². The van der Waals surface area contributed by atoms with Crippen molar-refractivity contribution in [2.75, 3.05) is 11.9 Å². The van der Waals surface area contributed by atoms with E-state index in [4.69, 9.17) is 0 Å². The molecule has 0 saturated heterocycles. The molecule has 3 heterocycles. The monoisotopic (exact) mass is 259 g/mol. The molecule has 0 radical (unpaired) electrons. The molecule has 0 aliphatic rings. The van der Waals surface area contributed by atoms with E-state index in [0.717, 1.165) is 29.4 Å². The van der Waals surface area contributed by atoms with Crippen LogP contribution in [0.4, 0.5) is 5.82 Å². The van der Waals surface area contributed by atoms with Crippen molar-refractivity contribution in [1.82, 2.24) is 19.9 Å². The lowest BCUT2D eigenvalue weighted by Gasteiger charge is -2.17. The molecule has 3 aromatic rings. The molecule has 0 fully saturated rings. The number of anilines is 1. The number of aryl methyl sites for hydroxylation is 1. The van der Waals surface area contributed by atoms with E-state index >= 15 is 0 Å². The van der Waals surface area contributed by atoms with Crippen LogP contribution in [0.1, 0.15) is 10.7 Å². The van der Waals surface area contributed by atoms with Gasteiger partial charge >= 0.3 is 0 Å². The van der Waals surface area contributed by atoms with Crippen LogP contribution in [0.3, 0.4) is 0 Å². The van der Waals surface area contributed by atoms with Gasteiger partial charge in [0.1, 0.15) is 17.7 Å². The second kappa shape index (κ2) is 4.38. The van der Waals surface area contributed by atoms with Crippen molar-refractivity contribution in [3.63, 3.8) is 0 Å². The van der Waals surface area contributed by atoms with E-state index in [-0.39, 0.29) is 0 Å². The van der Waals surface area contributed by atoms with Gasteiger partial charge in [0.2, 0.25) is 0 Å². The van der Waals surface area contributed by atoms with Crippen molar-refractivity contribution in [3.8, 4) is 0 Å². The van der Waals surface area contributed by atoms with E-state index in [9.17, 15) is 0 Å². The fourth-order valence-corrected chi connectivity index (χ4v) is 2.69. The number of H-pyrrole nitrogens is 1. The number of thiophene rings is 1. The molecule has 0 aliphatic heterocycles. The fourth-order valence-electron chi connectivity index (χ4n) is 1.93. The van der Waals surface area contributed by atoms with Crippen LogP contribution in [0.2, 0.25) is 0 Å². The molecule has 0 spiro atoms. The molecule has 1 N–H and O–H groups in total. The van der Waals surface area contributed by atoms with Gasteiger partial charge in [-0.1, -0.05) is 6.07 Å². The Bertz CT molecular complexity index is 658. The van der Waals surface area contributed by atoms with Crippen LogP contribution in [0.15, 0.2) is 23.8 Å². The number of aromatic nitrogens is 4. The van der Waals surface area contributed by atoms with Crippen LogP contribution in [-0.4, -0.2) is 27.0 Å². The maximum atomic E-state index is 4.35. The van der Waals surface area contributed by atoms with E-state index in [2.05, 4.69) is 42.3 Å². The highest BCUT2D eigenvalue weighted by atomic mass is 32.1. The fraction of sp³-hybridized carbons (Fsp3) is 0.250. The van der Waals surface area contributed by atoms with Crippen LogP contribution in [0.5, 0.6) is 0 Å². The van der Waals surface area contributed by atoms with Gasteiger partial charge in [0.05, 0.1) is 6.54 Å². The Balaban J connectivity index is 1.98. The molecular formula is C12H13N5S. The molecule has 0 amide bonds. The maximum Gasteiger partial charge on any atom is 0.183 e. The Morgan fingerprint density at radius 2 is 2.28 bits per heavy atom. The van der Waals surface area contributed by atoms with Gasteiger partial charge in [-0.3, -0.25) is 0 Å². The third kappa shape index (κ3) is 1.95. The van der Waals surface area contributed by atoms with Gasteiger partial charge in [-0.15, -0.1) is 11.3 Å². The Labute approximate surface area is 109 Å². The quantitative estimate of drug-likeness (QED) is 0.784. The lowest BCUT2D eigenvalue weighted by Crippen LogP contribution is -2.17. The zero-order valence-corrected chi connectivity index (χ0v) is 11.0. The van der Waals surface area contributed by atoms with Gasteiger partial charge in [0.15, 0.2) is 11.5 Å². The number of rotatable bonds is 3. The third-order valence-corrected chi connectivity index (χ3v) is 3.58. The zero-order chi connectivity index (χ0) is 12.5. The molecule has 5 nitrogen and oxygen atoms in total. The average molecular weight is 259 g/mol. The minimum atomic E-state index is 0.718. The van der Waals surface area contributed by atoms with Crippen LogP contribution < -0.4 is 4.90 Å². The summed E-state index contributed by atoms with van der Waals surface area (Å²) in [6.07, 6.45) is 1.56. The molecular weight excluding hydrogens is 246 g/mol. The Kier molecular flexibility index (Phi) is 2.71. The van der Waals surface area contributed by atoms with E-state index < -0.39 is 0 Å². The number of hydrogen-bond donors (Lipinski definition) is 1. The second-order valence-electron chi connectivity index (χ2n) is 4.15. The Morgan fingerprint density at radius 1 is 1.39 bits per heavy atom. The van der Waals surface area contributed by atoms with Gasteiger partial charge in [0.25, 0.3) is 0 Å². The minimum Gasteiger partial charge on any atom is -0.353 e. The summed E-state index contributed by atoms with van der Waals surface area (Å²) >= 11 is 1.75. The zero-order valence-electron chi connectivity index (χ0n) is 10.2. The first kappa shape index (κ1) is 11.2. The van der Waals surface area contributed by atoms with E-state index in [1.54, 1.807) is 17.7 Å².